The highest BCUT2D eigenvalue weighted by atomic mass is 35.5. The van der Waals surface area contributed by atoms with Crippen molar-refractivity contribution in [3.63, 3.8) is 0 Å². The molecule has 38 heavy (non-hydrogen) atoms. The molecule has 2 N–H and O–H groups in total. The smallest absolute Gasteiger partial charge is 0.250 e. The molecule has 0 aliphatic carbocycles. The Labute approximate surface area is 222 Å². The summed E-state index contributed by atoms with van der Waals surface area (Å²) in [5.74, 6) is 1.11. The standard InChI is InChI=1S/C28H21ClN8O/c1-30-26-22(21-12-20(29)9-10-24(21)34-26)13-31-27-23-16-37(35-28(23)33-17-32-27)15-19-7-5-18(6-8-19)14-36-11-3-2-4-25(36)38/h2-12,16-17,34H,13-15H2,(H,31,32,33,35). The highest BCUT2D eigenvalue weighted by molar-refractivity contribution is 6.31. The first kappa shape index (κ1) is 23.5. The van der Waals surface area contributed by atoms with E-state index in [2.05, 4.69) is 30.2 Å². The summed E-state index contributed by atoms with van der Waals surface area (Å²) < 4.78 is 3.51. The van der Waals surface area contributed by atoms with Crippen molar-refractivity contribution in [1.29, 1.82) is 0 Å². The van der Waals surface area contributed by atoms with Gasteiger partial charge in [0.2, 0.25) is 5.82 Å². The number of H-pyrrole nitrogens is 1. The number of aromatic nitrogens is 6. The molecule has 186 valence electrons. The van der Waals surface area contributed by atoms with Gasteiger partial charge in [-0.3, -0.25) is 9.48 Å². The molecule has 9 nitrogen and oxygen atoms in total. The molecule has 6 aromatic rings. The van der Waals surface area contributed by atoms with E-state index in [0.717, 1.165) is 33.0 Å². The SMILES string of the molecule is [C-]#[N+]c1[nH]c2ccc(Cl)cc2c1CNc1ncnc2nn(Cc3ccc(Cn4ccccc4=O)cc3)cc12. The first-order chi connectivity index (χ1) is 18.6. The lowest BCUT2D eigenvalue weighted by atomic mass is 10.1. The maximum Gasteiger partial charge on any atom is 0.250 e. The summed E-state index contributed by atoms with van der Waals surface area (Å²) in [5.41, 5.74) is 4.36. The van der Waals surface area contributed by atoms with Crippen molar-refractivity contribution < 1.29 is 0 Å². The van der Waals surface area contributed by atoms with Gasteiger partial charge in [0.25, 0.3) is 5.56 Å². The van der Waals surface area contributed by atoms with Crippen molar-refractivity contribution in [1.82, 2.24) is 29.3 Å². The Morgan fingerprint density at radius 3 is 2.61 bits per heavy atom. The lowest BCUT2D eigenvalue weighted by molar-refractivity contribution is 0.692. The minimum absolute atomic E-state index is 0.0239. The predicted octanol–water partition coefficient (Wildman–Crippen LogP) is 5.38. The summed E-state index contributed by atoms with van der Waals surface area (Å²) in [6.45, 7) is 9.02. The number of nitrogens with one attached hydrogen (secondary N) is 2. The average molecular weight is 521 g/mol. The van der Waals surface area contributed by atoms with E-state index >= 15 is 0 Å². The molecule has 0 spiro atoms. The molecule has 10 heteroatoms. The van der Waals surface area contributed by atoms with E-state index in [-0.39, 0.29) is 5.56 Å². The van der Waals surface area contributed by atoms with Crippen molar-refractivity contribution in [3.8, 4) is 0 Å². The Kier molecular flexibility index (Phi) is 6.08. The van der Waals surface area contributed by atoms with Gasteiger partial charge in [0.05, 0.1) is 18.5 Å². The minimum Gasteiger partial charge on any atom is -0.366 e. The number of fused-ring (bicyclic) bond motifs is 2. The molecule has 4 aromatic heterocycles. The molecule has 0 aliphatic rings. The monoisotopic (exact) mass is 520 g/mol. The molecule has 0 unspecified atom stereocenters. The number of nitrogens with zero attached hydrogens (tertiary/aromatic N) is 6. The fourth-order valence-corrected chi connectivity index (χ4v) is 4.66. The van der Waals surface area contributed by atoms with Gasteiger partial charge in [0, 0.05) is 41.0 Å². The van der Waals surface area contributed by atoms with Crippen molar-refractivity contribution in [2.75, 3.05) is 5.32 Å². The maximum atomic E-state index is 12.0. The van der Waals surface area contributed by atoms with Crippen LogP contribution in [0.2, 0.25) is 5.02 Å². The maximum absolute atomic E-state index is 12.0. The molecule has 4 heterocycles. The number of pyridine rings is 1. The van der Waals surface area contributed by atoms with Crippen molar-refractivity contribution in [2.45, 2.75) is 19.6 Å². The minimum atomic E-state index is -0.0239. The Balaban J connectivity index is 1.20. The third-order valence-electron chi connectivity index (χ3n) is 6.37. The third-order valence-corrected chi connectivity index (χ3v) is 6.61. The average Bonchev–Trinajstić information content (AvgIpc) is 3.50. The zero-order valence-corrected chi connectivity index (χ0v) is 20.9. The second-order valence-electron chi connectivity index (χ2n) is 8.88. The fourth-order valence-electron chi connectivity index (χ4n) is 4.48. The Morgan fingerprint density at radius 2 is 1.82 bits per heavy atom. The molecule has 0 atom stereocenters. The summed E-state index contributed by atoms with van der Waals surface area (Å²) in [4.78, 5) is 27.5. The summed E-state index contributed by atoms with van der Waals surface area (Å²) in [5, 5.41) is 10.3. The fraction of sp³-hybridized carbons (Fsp3) is 0.107. The zero-order valence-electron chi connectivity index (χ0n) is 20.1. The van der Waals surface area contributed by atoms with Gasteiger partial charge >= 0.3 is 0 Å². The number of benzene rings is 2. The zero-order chi connectivity index (χ0) is 26.1. The lowest BCUT2D eigenvalue weighted by Gasteiger charge is -2.07. The summed E-state index contributed by atoms with van der Waals surface area (Å²) in [7, 11) is 0. The van der Waals surface area contributed by atoms with Crippen LogP contribution in [0.4, 0.5) is 11.6 Å². The number of halogens is 1. The molecule has 6 rings (SSSR count). The van der Waals surface area contributed by atoms with E-state index in [0.29, 0.717) is 41.9 Å². The van der Waals surface area contributed by atoms with Crippen LogP contribution >= 0.6 is 11.6 Å². The van der Waals surface area contributed by atoms with Gasteiger partial charge in [0.15, 0.2) is 5.65 Å². The van der Waals surface area contributed by atoms with E-state index in [9.17, 15) is 4.79 Å². The van der Waals surface area contributed by atoms with Crippen LogP contribution in [0, 0.1) is 6.57 Å². The molecule has 0 bridgehead atoms. The van der Waals surface area contributed by atoms with Crippen LogP contribution in [-0.2, 0) is 19.6 Å². The molecule has 0 radical (unpaired) electrons. The largest absolute Gasteiger partial charge is 0.366 e. The van der Waals surface area contributed by atoms with E-state index in [1.54, 1.807) is 29.0 Å². The molecule has 2 aromatic carbocycles. The number of anilines is 1. The second kappa shape index (κ2) is 9.84. The van der Waals surface area contributed by atoms with Crippen molar-refractivity contribution >= 4 is 45.2 Å². The van der Waals surface area contributed by atoms with Gasteiger partial charge in [-0.15, -0.1) is 0 Å². The van der Waals surface area contributed by atoms with Crippen LogP contribution in [0.1, 0.15) is 16.7 Å². The van der Waals surface area contributed by atoms with Crippen LogP contribution in [0.5, 0.6) is 0 Å². The van der Waals surface area contributed by atoms with Crippen LogP contribution in [0.15, 0.2) is 84.2 Å². The number of hydrogen-bond acceptors (Lipinski definition) is 5. The van der Waals surface area contributed by atoms with Gasteiger partial charge in [-0.2, -0.15) is 5.10 Å². The summed E-state index contributed by atoms with van der Waals surface area (Å²) >= 11 is 6.20. The lowest BCUT2D eigenvalue weighted by Crippen LogP contribution is -2.18. The number of rotatable bonds is 7. The van der Waals surface area contributed by atoms with E-state index in [1.807, 2.05) is 53.3 Å². The van der Waals surface area contributed by atoms with Gasteiger partial charge in [-0.25, -0.2) is 9.97 Å². The number of hydrogen-bond donors (Lipinski definition) is 2. The molecular weight excluding hydrogens is 500 g/mol. The van der Waals surface area contributed by atoms with Crippen LogP contribution in [0.25, 0.3) is 26.8 Å². The van der Waals surface area contributed by atoms with E-state index < -0.39 is 0 Å². The van der Waals surface area contributed by atoms with Crippen LogP contribution < -0.4 is 10.9 Å². The third kappa shape index (κ3) is 4.61. The molecular formula is C28H21ClN8O. The van der Waals surface area contributed by atoms with Gasteiger partial charge in [-0.05, 0) is 35.4 Å². The molecule has 0 amide bonds. The molecule has 0 aliphatic heterocycles. The topological polar surface area (TPSA) is 97.8 Å². The quantitative estimate of drug-likeness (QED) is 0.275. The summed E-state index contributed by atoms with van der Waals surface area (Å²) in [6, 6.07) is 18.8. The van der Waals surface area contributed by atoms with Gasteiger partial charge in [-0.1, -0.05) is 48.5 Å². The first-order valence-corrected chi connectivity index (χ1v) is 12.3. The second-order valence-corrected chi connectivity index (χ2v) is 9.31. The van der Waals surface area contributed by atoms with Crippen LogP contribution in [0.3, 0.4) is 0 Å². The van der Waals surface area contributed by atoms with Crippen molar-refractivity contribution in [2.24, 2.45) is 0 Å². The Hall–Kier alpha value is -4.94. The predicted molar refractivity (Wildman–Crippen MR) is 148 cm³/mol. The highest BCUT2D eigenvalue weighted by Crippen LogP contribution is 2.31. The van der Waals surface area contributed by atoms with Crippen LogP contribution in [-0.4, -0.2) is 29.3 Å². The molecule has 0 saturated heterocycles. The molecule has 0 fully saturated rings. The number of aromatic amines is 1. The van der Waals surface area contributed by atoms with E-state index in [4.69, 9.17) is 18.2 Å². The van der Waals surface area contributed by atoms with Gasteiger partial charge in [0.1, 0.15) is 17.7 Å². The highest BCUT2D eigenvalue weighted by Gasteiger charge is 2.14. The van der Waals surface area contributed by atoms with Gasteiger partial charge < -0.3 is 19.7 Å². The Morgan fingerprint density at radius 1 is 1.00 bits per heavy atom. The Bertz CT molecular complexity index is 1880. The summed E-state index contributed by atoms with van der Waals surface area (Å²) in [6.07, 6.45) is 5.18. The first-order valence-electron chi connectivity index (χ1n) is 11.9. The normalized spacial score (nSPS) is 11.2. The molecule has 0 saturated carbocycles. The van der Waals surface area contributed by atoms with E-state index in [1.165, 1.54) is 6.33 Å². The van der Waals surface area contributed by atoms with Crippen molar-refractivity contribution in [3.05, 3.63) is 123 Å².